The molecule has 2 heterocycles. The predicted octanol–water partition coefficient (Wildman–Crippen LogP) is 0.888. The highest BCUT2D eigenvalue weighted by Crippen LogP contribution is 2.37. The largest absolute Gasteiger partial charge is 0.486 e. The molecule has 1 fully saturated rings. The van der Waals surface area contributed by atoms with Crippen LogP contribution in [-0.2, 0) is 9.53 Å². The molecule has 0 amide bonds. The molecule has 3 atom stereocenters. The third-order valence-corrected chi connectivity index (χ3v) is 4.38. The molecule has 22 heavy (non-hydrogen) atoms. The summed E-state index contributed by atoms with van der Waals surface area (Å²) in [5, 5.41) is 13.5. The monoisotopic (exact) mass is 307 g/mol. The van der Waals surface area contributed by atoms with E-state index in [1.807, 2.05) is 0 Å². The Kier molecular flexibility index (Phi) is 4.22. The lowest BCUT2D eigenvalue weighted by atomic mass is 9.95. The predicted molar refractivity (Wildman–Crippen MR) is 78.9 cm³/mol. The van der Waals surface area contributed by atoms with Crippen molar-refractivity contribution in [3.05, 3.63) is 23.8 Å². The van der Waals surface area contributed by atoms with Gasteiger partial charge in [0.25, 0.3) is 0 Å². The molecular formula is C16H21NO5. The fourth-order valence-corrected chi connectivity index (χ4v) is 2.70. The van der Waals surface area contributed by atoms with Gasteiger partial charge >= 0.3 is 5.97 Å². The first kappa shape index (κ1) is 15.1. The number of nitrogens with one attached hydrogen (secondary N) is 1. The molecule has 120 valence electrons. The first-order valence-electron chi connectivity index (χ1n) is 7.50. The molecule has 3 rings (SSSR count). The molecule has 0 bridgehead atoms. The molecule has 0 aliphatic carbocycles. The molecule has 0 unspecified atom stereocenters. The van der Waals surface area contributed by atoms with Gasteiger partial charge in [0.1, 0.15) is 12.7 Å². The standard InChI is InChI=1S/C16H21NO5/c1-9(16(19)20-2)15(18)10-3-4-12-13(5-10)22-14(8-21-12)11-6-17-7-11/h3-5,9,11,14-15,17-18H,6-8H2,1-2H3/t9-,14-,15+/m0/s1. The number of fused-ring (bicyclic) bond motifs is 1. The zero-order valence-electron chi connectivity index (χ0n) is 12.7. The zero-order chi connectivity index (χ0) is 15.7. The van der Waals surface area contributed by atoms with Crippen molar-refractivity contribution < 1.29 is 24.1 Å². The lowest BCUT2D eigenvalue weighted by Crippen LogP contribution is -2.53. The number of benzene rings is 1. The number of esters is 1. The Labute approximate surface area is 129 Å². The summed E-state index contributed by atoms with van der Waals surface area (Å²) in [7, 11) is 1.31. The summed E-state index contributed by atoms with van der Waals surface area (Å²) in [5.41, 5.74) is 0.618. The molecule has 2 aliphatic rings. The van der Waals surface area contributed by atoms with Gasteiger partial charge in [-0.3, -0.25) is 4.79 Å². The van der Waals surface area contributed by atoms with Crippen LogP contribution in [0.4, 0.5) is 0 Å². The number of ether oxygens (including phenoxy) is 3. The van der Waals surface area contributed by atoms with E-state index in [2.05, 4.69) is 10.1 Å². The van der Waals surface area contributed by atoms with Crippen molar-refractivity contribution in [2.24, 2.45) is 11.8 Å². The van der Waals surface area contributed by atoms with Crippen molar-refractivity contribution in [1.82, 2.24) is 5.32 Å². The van der Waals surface area contributed by atoms with Crippen molar-refractivity contribution in [2.75, 3.05) is 26.8 Å². The molecule has 1 aromatic carbocycles. The van der Waals surface area contributed by atoms with Crippen molar-refractivity contribution in [3.63, 3.8) is 0 Å². The quantitative estimate of drug-likeness (QED) is 0.805. The fourth-order valence-electron chi connectivity index (χ4n) is 2.70. The summed E-state index contributed by atoms with van der Waals surface area (Å²) >= 11 is 0. The fraction of sp³-hybridized carbons (Fsp3) is 0.562. The van der Waals surface area contributed by atoms with Gasteiger partial charge < -0.3 is 24.6 Å². The summed E-state index contributed by atoms with van der Waals surface area (Å²) < 4.78 is 16.4. The van der Waals surface area contributed by atoms with Crippen LogP contribution >= 0.6 is 0 Å². The van der Waals surface area contributed by atoms with E-state index in [1.54, 1.807) is 25.1 Å². The van der Waals surface area contributed by atoms with Gasteiger partial charge in [-0.05, 0) is 24.6 Å². The van der Waals surface area contributed by atoms with E-state index in [0.29, 0.717) is 29.6 Å². The SMILES string of the molecule is COC(=O)[C@@H](C)[C@@H](O)c1ccc2c(c1)O[C@H](C1CNC1)CO2. The van der Waals surface area contributed by atoms with Gasteiger partial charge in [0.15, 0.2) is 11.5 Å². The van der Waals surface area contributed by atoms with Gasteiger partial charge in [0.05, 0.1) is 19.1 Å². The van der Waals surface area contributed by atoms with E-state index in [4.69, 9.17) is 9.47 Å². The number of hydrogen-bond donors (Lipinski definition) is 2. The first-order chi connectivity index (χ1) is 10.6. The molecular weight excluding hydrogens is 286 g/mol. The highest BCUT2D eigenvalue weighted by molar-refractivity contribution is 5.72. The number of carbonyl (C=O) groups is 1. The topological polar surface area (TPSA) is 77.0 Å². The van der Waals surface area contributed by atoms with Crippen molar-refractivity contribution in [3.8, 4) is 11.5 Å². The van der Waals surface area contributed by atoms with E-state index in [1.165, 1.54) is 7.11 Å². The molecule has 2 N–H and O–H groups in total. The number of rotatable bonds is 4. The van der Waals surface area contributed by atoms with Gasteiger partial charge in [-0.2, -0.15) is 0 Å². The van der Waals surface area contributed by atoms with Gasteiger partial charge in [0.2, 0.25) is 0 Å². The number of hydrogen-bond acceptors (Lipinski definition) is 6. The Bertz CT molecular complexity index is 557. The molecule has 0 saturated carbocycles. The Balaban J connectivity index is 1.76. The average Bonchev–Trinajstić information content (AvgIpc) is 2.50. The van der Waals surface area contributed by atoms with Crippen LogP contribution < -0.4 is 14.8 Å². The molecule has 0 spiro atoms. The van der Waals surface area contributed by atoms with Crippen molar-refractivity contribution >= 4 is 5.97 Å². The molecule has 0 radical (unpaired) electrons. The second kappa shape index (κ2) is 6.14. The van der Waals surface area contributed by atoms with Crippen molar-refractivity contribution in [2.45, 2.75) is 19.1 Å². The second-order valence-electron chi connectivity index (χ2n) is 5.85. The number of aliphatic hydroxyl groups excluding tert-OH is 1. The highest BCUT2D eigenvalue weighted by Gasteiger charge is 2.33. The third kappa shape index (κ3) is 2.76. The maximum Gasteiger partial charge on any atom is 0.311 e. The number of aliphatic hydroxyl groups is 1. The minimum Gasteiger partial charge on any atom is -0.486 e. The van der Waals surface area contributed by atoms with Crippen LogP contribution in [-0.4, -0.2) is 44.0 Å². The summed E-state index contributed by atoms with van der Waals surface area (Å²) in [6.45, 7) is 4.05. The van der Waals surface area contributed by atoms with Crippen LogP contribution in [0.1, 0.15) is 18.6 Å². The van der Waals surface area contributed by atoms with Crippen LogP contribution in [0.2, 0.25) is 0 Å². The summed E-state index contributed by atoms with van der Waals surface area (Å²) in [6, 6.07) is 5.27. The van der Waals surface area contributed by atoms with E-state index in [-0.39, 0.29) is 6.10 Å². The third-order valence-electron chi connectivity index (χ3n) is 4.38. The lowest BCUT2D eigenvalue weighted by Gasteiger charge is -2.37. The van der Waals surface area contributed by atoms with E-state index in [9.17, 15) is 9.90 Å². The smallest absolute Gasteiger partial charge is 0.311 e. The average molecular weight is 307 g/mol. The number of methoxy groups -OCH3 is 1. The first-order valence-corrected chi connectivity index (χ1v) is 7.50. The van der Waals surface area contributed by atoms with Gasteiger partial charge in [-0.1, -0.05) is 6.07 Å². The van der Waals surface area contributed by atoms with Crippen LogP contribution in [0.25, 0.3) is 0 Å². The minimum atomic E-state index is -0.938. The maximum atomic E-state index is 11.6. The van der Waals surface area contributed by atoms with E-state index >= 15 is 0 Å². The molecule has 2 aliphatic heterocycles. The second-order valence-corrected chi connectivity index (χ2v) is 5.85. The normalized spacial score (nSPS) is 23.3. The summed E-state index contributed by atoms with van der Waals surface area (Å²) in [4.78, 5) is 11.6. The highest BCUT2D eigenvalue weighted by atomic mass is 16.6. The van der Waals surface area contributed by atoms with Crippen LogP contribution in [0.5, 0.6) is 11.5 Å². The molecule has 6 nitrogen and oxygen atoms in total. The van der Waals surface area contributed by atoms with Crippen LogP contribution in [0.15, 0.2) is 18.2 Å². The van der Waals surface area contributed by atoms with Crippen molar-refractivity contribution in [1.29, 1.82) is 0 Å². The van der Waals surface area contributed by atoms with Gasteiger partial charge in [0, 0.05) is 19.0 Å². The van der Waals surface area contributed by atoms with E-state index in [0.717, 1.165) is 13.1 Å². The summed E-state index contributed by atoms with van der Waals surface area (Å²) in [6.07, 6.45) is -0.911. The molecule has 6 heteroatoms. The van der Waals surface area contributed by atoms with Gasteiger partial charge in [-0.25, -0.2) is 0 Å². The Hall–Kier alpha value is -1.79. The van der Waals surface area contributed by atoms with Crippen LogP contribution in [0.3, 0.4) is 0 Å². The molecule has 0 aromatic heterocycles. The zero-order valence-corrected chi connectivity index (χ0v) is 12.7. The Morgan fingerprint density at radius 2 is 2.18 bits per heavy atom. The summed E-state index contributed by atoms with van der Waals surface area (Å²) in [5.74, 6) is 0.665. The van der Waals surface area contributed by atoms with Gasteiger partial charge in [-0.15, -0.1) is 0 Å². The number of carbonyl (C=O) groups excluding carboxylic acids is 1. The molecule has 1 aromatic rings. The lowest BCUT2D eigenvalue weighted by molar-refractivity contribution is -0.148. The Morgan fingerprint density at radius 1 is 1.41 bits per heavy atom. The van der Waals surface area contributed by atoms with Crippen LogP contribution in [0, 0.1) is 11.8 Å². The maximum absolute atomic E-state index is 11.6. The molecule has 1 saturated heterocycles. The minimum absolute atomic E-state index is 0.0270. The van der Waals surface area contributed by atoms with E-state index < -0.39 is 18.0 Å². The Morgan fingerprint density at radius 3 is 2.82 bits per heavy atom.